The summed E-state index contributed by atoms with van der Waals surface area (Å²) in [6.45, 7) is -0.187. The average molecular weight is 581 g/mol. The van der Waals surface area contributed by atoms with E-state index in [-0.39, 0.29) is 44.1 Å². The lowest BCUT2D eigenvalue weighted by Gasteiger charge is -2.28. The molecule has 0 aliphatic carbocycles. The van der Waals surface area contributed by atoms with Crippen molar-refractivity contribution in [2.24, 2.45) is 0 Å². The number of alkyl carbamates (subject to hydrolysis) is 1. The highest BCUT2D eigenvalue weighted by Crippen LogP contribution is 2.31. The second-order valence-electron chi connectivity index (χ2n) is 9.63. The topological polar surface area (TPSA) is 195 Å². The number of nitrogens with one attached hydrogen (secondary N) is 1. The monoisotopic (exact) mass is 580 g/mol. The summed E-state index contributed by atoms with van der Waals surface area (Å²) in [5.41, 5.74) is 2.06. The quantitative estimate of drug-likeness (QED) is 0.235. The van der Waals surface area contributed by atoms with Gasteiger partial charge in [0.25, 0.3) is 11.4 Å². The number of benzene rings is 3. The summed E-state index contributed by atoms with van der Waals surface area (Å²) in [5.74, 6) is 0. The van der Waals surface area contributed by atoms with Gasteiger partial charge < -0.3 is 25.0 Å². The van der Waals surface area contributed by atoms with Crippen molar-refractivity contribution in [1.29, 1.82) is 0 Å². The second kappa shape index (κ2) is 13.5. The zero-order valence-corrected chi connectivity index (χ0v) is 22.2. The van der Waals surface area contributed by atoms with E-state index >= 15 is 0 Å². The van der Waals surface area contributed by atoms with Gasteiger partial charge in [-0.25, -0.2) is 9.59 Å². The molecular formula is C28H28N4O10. The first-order chi connectivity index (χ1) is 20.1. The zero-order chi connectivity index (χ0) is 30.2. The van der Waals surface area contributed by atoms with E-state index in [1.54, 1.807) is 24.3 Å². The molecule has 4 rings (SSSR count). The molecule has 0 aromatic heterocycles. The molecule has 3 aromatic rings. The molecule has 1 aliphatic rings. The van der Waals surface area contributed by atoms with Gasteiger partial charge in [0.2, 0.25) is 0 Å². The summed E-state index contributed by atoms with van der Waals surface area (Å²) in [4.78, 5) is 46.7. The number of carbonyl (C=O) groups excluding carboxylic acids is 2. The summed E-state index contributed by atoms with van der Waals surface area (Å²) in [7, 11) is 0. The Balaban J connectivity index is 1.30. The van der Waals surface area contributed by atoms with Gasteiger partial charge in [-0.1, -0.05) is 24.3 Å². The molecule has 14 heteroatoms. The molecule has 1 unspecified atom stereocenters. The van der Waals surface area contributed by atoms with Gasteiger partial charge in [0, 0.05) is 30.8 Å². The van der Waals surface area contributed by atoms with Crippen LogP contribution < -0.4 is 5.32 Å². The molecule has 0 bridgehead atoms. The van der Waals surface area contributed by atoms with Crippen LogP contribution in [-0.4, -0.2) is 55.8 Å². The van der Waals surface area contributed by atoms with Gasteiger partial charge in [-0.2, -0.15) is 0 Å². The van der Waals surface area contributed by atoms with Crippen LogP contribution in [0, 0.1) is 20.2 Å². The maximum absolute atomic E-state index is 12.8. The Morgan fingerprint density at radius 2 is 1.48 bits per heavy atom. The predicted octanol–water partition coefficient (Wildman–Crippen LogP) is 3.73. The lowest BCUT2D eigenvalue weighted by Crippen LogP contribution is -2.39. The largest absolute Gasteiger partial charge is 0.445 e. The highest BCUT2D eigenvalue weighted by Gasteiger charge is 2.40. The molecular weight excluding hydrogens is 552 g/mol. The standard InChI is InChI=1S/C28H28N4O10/c33-24-13-25(30(15-24)28(36)42-17-19-6-10-23(11-7-19)32(39)40)26(34)21-3-1-2-20(12-21)14-29-27(35)41-16-18-4-8-22(9-5-18)31(37)38/h1-12,24-26,33-34H,13-17H2,(H,29,35)/t24-,25+,26?/m1/s1. The van der Waals surface area contributed by atoms with Crippen LogP contribution in [0.5, 0.6) is 0 Å². The third-order valence-corrected chi connectivity index (χ3v) is 6.68. The van der Waals surface area contributed by atoms with Gasteiger partial charge in [0.15, 0.2) is 0 Å². The van der Waals surface area contributed by atoms with Crippen LogP contribution in [0.2, 0.25) is 0 Å². The summed E-state index contributed by atoms with van der Waals surface area (Å²) < 4.78 is 10.5. The van der Waals surface area contributed by atoms with Crippen molar-refractivity contribution in [2.45, 2.75) is 44.4 Å². The fourth-order valence-corrected chi connectivity index (χ4v) is 4.49. The number of aliphatic hydroxyl groups excluding tert-OH is 2. The highest BCUT2D eigenvalue weighted by atomic mass is 16.6. The Hall–Kier alpha value is -5.08. The molecule has 14 nitrogen and oxygen atoms in total. The Morgan fingerprint density at radius 1 is 0.905 bits per heavy atom. The molecule has 1 saturated heterocycles. The fourth-order valence-electron chi connectivity index (χ4n) is 4.49. The van der Waals surface area contributed by atoms with Crippen molar-refractivity contribution in [3.05, 3.63) is 115 Å². The smallest absolute Gasteiger partial charge is 0.410 e. The van der Waals surface area contributed by atoms with Crippen molar-refractivity contribution in [2.75, 3.05) is 6.54 Å². The molecule has 0 saturated carbocycles. The molecule has 42 heavy (non-hydrogen) atoms. The van der Waals surface area contributed by atoms with Gasteiger partial charge in [-0.05, 0) is 52.9 Å². The fraction of sp³-hybridized carbons (Fsp3) is 0.286. The number of rotatable bonds is 10. The van der Waals surface area contributed by atoms with Gasteiger partial charge in [0.05, 0.1) is 34.6 Å². The van der Waals surface area contributed by atoms with Crippen LogP contribution in [0.3, 0.4) is 0 Å². The number of nitrogens with zero attached hydrogens (tertiary/aromatic N) is 3. The van der Waals surface area contributed by atoms with Crippen molar-refractivity contribution >= 4 is 23.6 Å². The Morgan fingerprint density at radius 3 is 2.05 bits per heavy atom. The number of nitro benzene ring substituents is 2. The number of carbonyl (C=O) groups is 2. The number of ether oxygens (including phenoxy) is 2. The van der Waals surface area contributed by atoms with Crippen LogP contribution in [0.25, 0.3) is 0 Å². The number of non-ortho nitro benzene ring substituents is 2. The molecule has 0 spiro atoms. The van der Waals surface area contributed by atoms with Crippen molar-refractivity contribution in [3.8, 4) is 0 Å². The van der Waals surface area contributed by atoms with Gasteiger partial charge >= 0.3 is 12.2 Å². The van der Waals surface area contributed by atoms with Crippen LogP contribution in [-0.2, 0) is 29.2 Å². The van der Waals surface area contributed by atoms with E-state index in [1.807, 2.05) is 0 Å². The number of aliphatic hydroxyl groups is 2. The summed E-state index contributed by atoms with van der Waals surface area (Å²) >= 11 is 0. The van der Waals surface area contributed by atoms with Gasteiger partial charge in [-0.15, -0.1) is 0 Å². The normalized spacial score (nSPS) is 16.9. The van der Waals surface area contributed by atoms with E-state index < -0.39 is 40.3 Å². The number of likely N-dealkylation sites (tertiary alicyclic amines) is 1. The number of hydrogen-bond donors (Lipinski definition) is 3. The maximum atomic E-state index is 12.8. The van der Waals surface area contributed by atoms with Crippen LogP contribution in [0.1, 0.15) is 34.8 Å². The third kappa shape index (κ3) is 7.77. The molecule has 3 N–H and O–H groups in total. The number of nitro groups is 2. The summed E-state index contributed by atoms with van der Waals surface area (Å²) in [6, 6.07) is 17.1. The molecule has 1 fully saturated rings. The van der Waals surface area contributed by atoms with E-state index in [9.17, 15) is 40.0 Å². The lowest BCUT2D eigenvalue weighted by atomic mass is 9.98. The van der Waals surface area contributed by atoms with Gasteiger partial charge in [-0.3, -0.25) is 25.1 Å². The number of hydrogen-bond acceptors (Lipinski definition) is 10. The summed E-state index contributed by atoms with van der Waals surface area (Å²) in [5, 5.41) is 45.5. The number of β-amino-alcohol motifs (C(OH)–C–C–N with tert-alkyl or cyclic N) is 1. The summed E-state index contributed by atoms with van der Waals surface area (Å²) in [6.07, 6.45) is -3.37. The minimum Gasteiger partial charge on any atom is -0.445 e. The maximum Gasteiger partial charge on any atom is 0.410 e. The van der Waals surface area contributed by atoms with Gasteiger partial charge in [0.1, 0.15) is 13.2 Å². The van der Waals surface area contributed by atoms with Crippen LogP contribution >= 0.6 is 0 Å². The molecule has 3 atom stereocenters. The third-order valence-electron chi connectivity index (χ3n) is 6.68. The lowest BCUT2D eigenvalue weighted by molar-refractivity contribution is -0.385. The second-order valence-corrected chi connectivity index (χ2v) is 9.63. The first-order valence-corrected chi connectivity index (χ1v) is 12.9. The first-order valence-electron chi connectivity index (χ1n) is 12.9. The zero-order valence-electron chi connectivity index (χ0n) is 22.2. The Kier molecular flexibility index (Phi) is 9.62. The highest BCUT2D eigenvalue weighted by molar-refractivity contribution is 5.69. The van der Waals surface area contributed by atoms with Crippen LogP contribution in [0.4, 0.5) is 21.0 Å². The molecule has 1 aliphatic heterocycles. The molecule has 1 heterocycles. The van der Waals surface area contributed by atoms with E-state index in [4.69, 9.17) is 9.47 Å². The van der Waals surface area contributed by atoms with Crippen molar-refractivity contribution in [1.82, 2.24) is 10.2 Å². The molecule has 0 radical (unpaired) electrons. The SMILES string of the molecule is O=C(NCc1cccc(C(O)[C@@H]2C[C@@H](O)CN2C(=O)OCc2ccc([N+](=O)[O-])cc2)c1)OCc1ccc([N+](=O)[O-])cc1. The van der Waals surface area contributed by atoms with E-state index in [1.165, 1.54) is 53.4 Å². The van der Waals surface area contributed by atoms with Crippen molar-refractivity contribution < 1.29 is 39.1 Å². The molecule has 3 aromatic carbocycles. The average Bonchev–Trinajstić information content (AvgIpc) is 3.39. The first kappa shape index (κ1) is 29.9. The molecule has 220 valence electrons. The van der Waals surface area contributed by atoms with E-state index in [2.05, 4.69) is 5.32 Å². The molecule has 2 amide bonds. The minimum absolute atomic E-state index is 0.0390. The minimum atomic E-state index is -1.16. The predicted molar refractivity (Wildman–Crippen MR) is 146 cm³/mol. The van der Waals surface area contributed by atoms with Crippen LogP contribution in [0.15, 0.2) is 72.8 Å². The van der Waals surface area contributed by atoms with E-state index in [0.717, 1.165) is 0 Å². The Labute approximate surface area is 239 Å². The number of amides is 2. The van der Waals surface area contributed by atoms with Crippen molar-refractivity contribution in [3.63, 3.8) is 0 Å². The Bertz CT molecular complexity index is 1430. The van der Waals surface area contributed by atoms with E-state index in [0.29, 0.717) is 22.3 Å².